The van der Waals surface area contributed by atoms with Crippen molar-refractivity contribution in [2.24, 2.45) is 0 Å². The second kappa shape index (κ2) is 5.12. The number of alkyl halides is 3. The van der Waals surface area contributed by atoms with E-state index in [0.29, 0.717) is 16.8 Å². The van der Waals surface area contributed by atoms with E-state index in [1.165, 1.54) is 12.1 Å². The minimum atomic E-state index is -4.58. The lowest BCUT2D eigenvalue weighted by Gasteiger charge is -2.25. The molecule has 1 fully saturated rings. The molecule has 0 aliphatic carbocycles. The minimum Gasteiger partial charge on any atom is -0.272 e. The van der Waals surface area contributed by atoms with Crippen LogP contribution in [-0.2, 0) is 4.79 Å². The van der Waals surface area contributed by atoms with Crippen molar-refractivity contribution < 1.29 is 22.8 Å². The number of hydrazine groups is 1. The van der Waals surface area contributed by atoms with E-state index < -0.39 is 23.4 Å². The topological polar surface area (TPSA) is 49.4 Å². The normalized spacial score (nSPS) is 19.6. The third kappa shape index (κ3) is 3.01. The molecule has 0 radical (unpaired) electrons. The highest BCUT2D eigenvalue weighted by atomic mass is 32.2. The van der Waals surface area contributed by atoms with Crippen molar-refractivity contribution >= 4 is 23.6 Å². The van der Waals surface area contributed by atoms with Gasteiger partial charge in [0.25, 0.3) is 11.8 Å². The Labute approximate surface area is 110 Å². The van der Waals surface area contributed by atoms with Crippen LogP contribution in [-0.4, -0.2) is 34.1 Å². The van der Waals surface area contributed by atoms with Crippen LogP contribution in [0.2, 0.25) is 0 Å². The summed E-state index contributed by atoms with van der Waals surface area (Å²) in [4.78, 5) is 23.1. The summed E-state index contributed by atoms with van der Waals surface area (Å²) in [6.07, 6.45) is -4.58. The molecule has 1 N–H and O–H groups in total. The Morgan fingerprint density at radius 3 is 2.53 bits per heavy atom. The quantitative estimate of drug-likeness (QED) is 0.903. The van der Waals surface area contributed by atoms with Crippen LogP contribution in [0.4, 0.5) is 13.2 Å². The average Bonchev–Trinajstić information content (AvgIpc) is 2.72. The Morgan fingerprint density at radius 2 is 1.95 bits per heavy atom. The molecule has 1 heterocycles. The number of nitrogens with zero attached hydrogens (tertiary/aromatic N) is 1. The van der Waals surface area contributed by atoms with E-state index in [0.717, 1.165) is 0 Å². The number of carbonyl (C=O) groups is 2. The van der Waals surface area contributed by atoms with Gasteiger partial charge in [-0.2, -0.15) is 13.2 Å². The number of hydrogen-bond acceptors (Lipinski definition) is 3. The van der Waals surface area contributed by atoms with Crippen LogP contribution in [0.15, 0.2) is 30.3 Å². The fourth-order valence-corrected chi connectivity index (χ4v) is 2.50. The van der Waals surface area contributed by atoms with E-state index in [2.05, 4.69) is 0 Å². The van der Waals surface area contributed by atoms with Gasteiger partial charge in [0.05, 0.1) is 5.75 Å². The molecule has 1 aromatic rings. The van der Waals surface area contributed by atoms with E-state index in [-0.39, 0.29) is 11.3 Å². The maximum absolute atomic E-state index is 12.7. The summed E-state index contributed by atoms with van der Waals surface area (Å²) in [5.41, 5.74) is 2.19. The number of hydrogen-bond donors (Lipinski definition) is 1. The van der Waals surface area contributed by atoms with Gasteiger partial charge in [-0.3, -0.25) is 15.0 Å². The molecule has 19 heavy (non-hydrogen) atoms. The lowest BCUT2D eigenvalue weighted by molar-refractivity contribution is -0.169. The Bertz CT molecular complexity index is 492. The maximum Gasteiger partial charge on any atom is 0.420 e. The van der Waals surface area contributed by atoms with E-state index >= 15 is 0 Å². The molecule has 0 saturated carbocycles. The monoisotopic (exact) mass is 290 g/mol. The van der Waals surface area contributed by atoms with Crippen LogP contribution < -0.4 is 5.43 Å². The highest BCUT2D eigenvalue weighted by Crippen LogP contribution is 2.36. The van der Waals surface area contributed by atoms with Crippen molar-refractivity contribution in [3.63, 3.8) is 0 Å². The number of halogens is 3. The number of carbonyl (C=O) groups excluding carboxylic acids is 2. The van der Waals surface area contributed by atoms with Crippen molar-refractivity contribution in [1.29, 1.82) is 0 Å². The van der Waals surface area contributed by atoms with Gasteiger partial charge in [-0.15, -0.1) is 11.8 Å². The highest BCUT2D eigenvalue weighted by molar-refractivity contribution is 8.01. The number of benzene rings is 1. The first kappa shape index (κ1) is 13.7. The summed E-state index contributed by atoms with van der Waals surface area (Å²) in [6.45, 7) is 0. The van der Waals surface area contributed by atoms with Crippen molar-refractivity contribution in [3.8, 4) is 0 Å². The minimum absolute atomic E-state index is 0.188. The highest BCUT2D eigenvalue weighted by Gasteiger charge is 2.50. The summed E-state index contributed by atoms with van der Waals surface area (Å²) in [6, 6.07) is 7.73. The molecule has 2 rings (SSSR count). The largest absolute Gasteiger partial charge is 0.420 e. The van der Waals surface area contributed by atoms with Crippen molar-refractivity contribution in [2.45, 2.75) is 11.6 Å². The third-order valence-electron chi connectivity index (χ3n) is 2.41. The summed E-state index contributed by atoms with van der Waals surface area (Å²) in [5.74, 6) is -1.82. The summed E-state index contributed by atoms with van der Waals surface area (Å²) < 4.78 is 38.0. The van der Waals surface area contributed by atoms with Crippen molar-refractivity contribution in [1.82, 2.24) is 10.4 Å². The molecule has 0 aromatic heterocycles. The summed E-state index contributed by atoms with van der Waals surface area (Å²) in [5, 5.41) is -1.69. The van der Waals surface area contributed by atoms with Crippen LogP contribution in [0.25, 0.3) is 0 Å². The molecule has 1 aliphatic rings. The fourth-order valence-electron chi connectivity index (χ4n) is 1.55. The first-order valence-electron chi connectivity index (χ1n) is 5.26. The molecule has 1 atom stereocenters. The summed E-state index contributed by atoms with van der Waals surface area (Å²) in [7, 11) is 0. The van der Waals surface area contributed by atoms with E-state index in [1.54, 1.807) is 18.2 Å². The van der Waals surface area contributed by atoms with E-state index in [4.69, 9.17) is 0 Å². The van der Waals surface area contributed by atoms with Gasteiger partial charge in [0.2, 0.25) is 0 Å². The summed E-state index contributed by atoms with van der Waals surface area (Å²) >= 11 is 0.439. The number of nitrogens with one attached hydrogen (secondary N) is 1. The predicted octanol–water partition coefficient (Wildman–Crippen LogP) is 1.80. The van der Waals surface area contributed by atoms with Gasteiger partial charge in [0.1, 0.15) is 0 Å². The first-order chi connectivity index (χ1) is 8.89. The second-order valence-electron chi connectivity index (χ2n) is 3.78. The molecule has 1 unspecified atom stereocenters. The molecule has 1 aromatic carbocycles. The lowest BCUT2D eigenvalue weighted by atomic mass is 10.2. The van der Waals surface area contributed by atoms with Crippen LogP contribution in [0.5, 0.6) is 0 Å². The van der Waals surface area contributed by atoms with Crippen LogP contribution in [0.1, 0.15) is 10.4 Å². The van der Waals surface area contributed by atoms with Crippen LogP contribution >= 0.6 is 11.8 Å². The molecule has 4 nitrogen and oxygen atoms in total. The Kier molecular flexibility index (Phi) is 3.70. The molecule has 2 amide bonds. The molecule has 1 aliphatic heterocycles. The number of thioether (sulfide) groups is 1. The zero-order valence-corrected chi connectivity index (χ0v) is 10.3. The fraction of sp³-hybridized carbons (Fsp3) is 0.273. The molecule has 0 spiro atoms. The molecule has 1 saturated heterocycles. The van der Waals surface area contributed by atoms with Gasteiger partial charge in [0.15, 0.2) is 5.37 Å². The smallest absolute Gasteiger partial charge is 0.272 e. The van der Waals surface area contributed by atoms with Crippen LogP contribution in [0.3, 0.4) is 0 Å². The molecule has 8 heteroatoms. The van der Waals surface area contributed by atoms with Crippen molar-refractivity contribution in [2.75, 3.05) is 5.75 Å². The van der Waals surface area contributed by atoms with Gasteiger partial charge in [0, 0.05) is 5.56 Å². The van der Waals surface area contributed by atoms with E-state index in [9.17, 15) is 22.8 Å². The SMILES string of the molecule is O=C(NN1C(=O)CSC1C(F)(F)F)c1ccccc1. The van der Waals surface area contributed by atoms with Crippen molar-refractivity contribution in [3.05, 3.63) is 35.9 Å². The maximum atomic E-state index is 12.7. The number of rotatable bonds is 2. The zero-order valence-electron chi connectivity index (χ0n) is 9.48. The van der Waals surface area contributed by atoms with E-state index in [1.807, 2.05) is 5.43 Å². The zero-order chi connectivity index (χ0) is 14.0. The number of amides is 2. The predicted molar refractivity (Wildman–Crippen MR) is 63.1 cm³/mol. The van der Waals surface area contributed by atoms with Gasteiger partial charge >= 0.3 is 6.18 Å². The Morgan fingerprint density at radius 1 is 1.32 bits per heavy atom. The Hall–Kier alpha value is -1.70. The lowest BCUT2D eigenvalue weighted by Crippen LogP contribution is -2.52. The van der Waals surface area contributed by atoms with Gasteiger partial charge < -0.3 is 0 Å². The average molecular weight is 290 g/mol. The molecular formula is C11H9F3N2O2S. The first-order valence-corrected chi connectivity index (χ1v) is 6.31. The molecule has 102 valence electrons. The Balaban J connectivity index is 2.13. The van der Waals surface area contributed by atoms with Gasteiger partial charge in [-0.25, -0.2) is 5.01 Å². The third-order valence-corrected chi connectivity index (χ3v) is 3.61. The van der Waals surface area contributed by atoms with Gasteiger partial charge in [-0.05, 0) is 12.1 Å². The van der Waals surface area contributed by atoms with Gasteiger partial charge in [-0.1, -0.05) is 18.2 Å². The molecular weight excluding hydrogens is 281 g/mol. The standard InChI is InChI=1S/C11H9F3N2O2S/c12-11(13,14)10-16(8(17)6-19-10)15-9(18)7-4-2-1-3-5-7/h1-5,10H,6H2,(H,15,18). The van der Waals surface area contributed by atoms with Crippen LogP contribution in [0, 0.1) is 0 Å². The second-order valence-corrected chi connectivity index (χ2v) is 4.84. The molecule has 0 bridgehead atoms.